The van der Waals surface area contributed by atoms with Gasteiger partial charge in [0.1, 0.15) is 60.1 Å². The Morgan fingerprint density at radius 1 is 0.136 bits per heavy atom. The van der Waals surface area contributed by atoms with Gasteiger partial charge in [0.15, 0.2) is 74.7 Å². The van der Waals surface area contributed by atoms with Gasteiger partial charge in [0.2, 0.25) is 23.0 Å². The second-order valence-electron chi connectivity index (χ2n) is 14.6. The topological polar surface area (TPSA) is 445 Å². The fourth-order valence-electron chi connectivity index (χ4n) is 8.21. The molecule has 0 heterocycles. The summed E-state index contributed by atoms with van der Waals surface area (Å²) in [6.07, 6.45) is 0. The van der Waals surface area contributed by atoms with Crippen LogP contribution >= 0.6 is 0 Å². The number of fused-ring (bicyclic) bond motifs is 5. The largest absolute Gasteiger partial charge is 0.508 e. The molecule has 22 nitrogen and oxygen atoms in total. The molecule has 0 saturated carbocycles. The molecule has 0 unspecified atom stereocenters. The molecule has 8 radical (unpaired) electrons. The Labute approximate surface area is 367 Å². The van der Waals surface area contributed by atoms with Crippen LogP contribution < -0.4 is 21.9 Å². The highest BCUT2D eigenvalue weighted by molar-refractivity contribution is 6.51. The summed E-state index contributed by atoms with van der Waals surface area (Å²) in [7, 11) is 24.6. The van der Waals surface area contributed by atoms with E-state index < -0.39 is 225 Å². The van der Waals surface area contributed by atoms with E-state index in [1.807, 2.05) is 0 Å². The lowest BCUT2D eigenvalue weighted by Gasteiger charge is -2.26. The normalized spacial score (nSPS) is 11.7. The summed E-state index contributed by atoms with van der Waals surface area (Å²) >= 11 is 0. The molecule has 326 valence electrons. The standard InChI is InChI=1S/C40H22B4O22/c41-15-5(3-1-2(25(51)38(64)37(63)24(1)50)4-9(19(3)45)32(58)40(66)39(65)26(4)52)16(42)34(60)28(54)6(15)7-17(43)23(49)11-12(20(7)46)30(56)31(57)14(22(11)48)13-21(47)10-8(27(53)29(13)55)18(44)35(61)36(62)33(10)59/h45-66H. The molecule has 0 fully saturated rings. The summed E-state index contributed by atoms with van der Waals surface area (Å²) in [5.41, 5.74) is -11.4. The van der Waals surface area contributed by atoms with Crippen LogP contribution in [0, 0.1) is 0 Å². The van der Waals surface area contributed by atoms with Crippen molar-refractivity contribution >= 4 is 96.3 Å². The lowest BCUT2D eigenvalue weighted by Crippen LogP contribution is -2.24. The monoisotopic (exact) mass is 898 g/mol. The maximum absolute atomic E-state index is 11.8. The van der Waals surface area contributed by atoms with E-state index in [1.165, 1.54) is 0 Å². The maximum atomic E-state index is 11.8. The molecule has 22 N–H and O–H groups in total. The number of phenols is 22. The number of aromatic hydroxyl groups is 22. The predicted molar refractivity (Wildman–Crippen MR) is 231 cm³/mol. The van der Waals surface area contributed by atoms with E-state index in [1.54, 1.807) is 0 Å². The van der Waals surface area contributed by atoms with Crippen molar-refractivity contribution in [2.24, 2.45) is 0 Å². The van der Waals surface area contributed by atoms with Gasteiger partial charge < -0.3 is 112 Å². The van der Waals surface area contributed by atoms with Gasteiger partial charge in [-0.2, -0.15) is 0 Å². The second kappa shape index (κ2) is 13.6. The Bertz CT molecular complexity index is 3670. The Morgan fingerprint density at radius 3 is 0.879 bits per heavy atom. The van der Waals surface area contributed by atoms with Crippen LogP contribution in [-0.4, -0.2) is 144 Å². The van der Waals surface area contributed by atoms with Gasteiger partial charge in [0.05, 0.1) is 32.7 Å². The molecular weight excluding hydrogens is 876 g/mol. The molecule has 0 aliphatic carbocycles. The van der Waals surface area contributed by atoms with Crippen molar-refractivity contribution in [1.82, 2.24) is 0 Å². The third-order valence-corrected chi connectivity index (χ3v) is 11.3. The van der Waals surface area contributed by atoms with Crippen LogP contribution in [0.2, 0.25) is 0 Å². The molecule has 0 amide bonds. The van der Waals surface area contributed by atoms with E-state index in [4.69, 9.17) is 31.4 Å². The van der Waals surface area contributed by atoms with Crippen LogP contribution in [0.15, 0.2) is 0 Å². The minimum atomic E-state index is -1.63. The van der Waals surface area contributed by atoms with Crippen molar-refractivity contribution in [2.45, 2.75) is 0 Å². The molecule has 0 bridgehead atoms. The molecule has 0 aromatic heterocycles. The molecule has 0 saturated heterocycles. The molecular formula is C40H22B4O22. The van der Waals surface area contributed by atoms with Crippen LogP contribution in [-0.2, 0) is 0 Å². The highest BCUT2D eigenvalue weighted by Gasteiger charge is 2.37. The highest BCUT2D eigenvalue weighted by Crippen LogP contribution is 2.64. The van der Waals surface area contributed by atoms with Gasteiger partial charge in [0.25, 0.3) is 0 Å². The zero-order valence-corrected chi connectivity index (χ0v) is 32.1. The summed E-state index contributed by atoms with van der Waals surface area (Å²) in [5, 5.41) is 234. The highest BCUT2D eigenvalue weighted by atomic mass is 16.4. The van der Waals surface area contributed by atoms with Crippen LogP contribution in [0.5, 0.6) is 126 Å². The smallest absolute Gasteiger partial charge is 0.205 e. The number of rotatable bonds is 3. The number of phenolic OH excluding ortho intramolecular Hbond substituents is 22. The summed E-state index contributed by atoms with van der Waals surface area (Å²) in [6, 6.07) is 0. The summed E-state index contributed by atoms with van der Waals surface area (Å²) in [6.45, 7) is 0. The first-order valence-corrected chi connectivity index (χ1v) is 17.8. The molecule has 66 heavy (non-hydrogen) atoms. The van der Waals surface area contributed by atoms with Crippen molar-refractivity contribution in [2.75, 3.05) is 0 Å². The molecule has 0 atom stereocenters. The third-order valence-electron chi connectivity index (χ3n) is 11.3. The van der Waals surface area contributed by atoms with Crippen LogP contribution in [0.1, 0.15) is 0 Å². The fourth-order valence-corrected chi connectivity index (χ4v) is 8.21. The quantitative estimate of drug-likeness (QED) is 0.0480. The Hall–Kier alpha value is -9.34. The first kappa shape index (κ1) is 43.3. The van der Waals surface area contributed by atoms with E-state index in [-0.39, 0.29) is 0 Å². The molecule has 8 aromatic carbocycles. The van der Waals surface area contributed by atoms with Crippen molar-refractivity contribution < 1.29 is 112 Å². The molecule has 0 spiro atoms. The van der Waals surface area contributed by atoms with Crippen LogP contribution in [0.4, 0.5) is 0 Å². The van der Waals surface area contributed by atoms with Crippen LogP contribution in [0.3, 0.4) is 0 Å². The SMILES string of the molecule is [B]c1c(O)c(O)c(-c2c([B])c(O)c3c(O)c(-c4c(O)c(O)c5c([B])c(O)c(O)c(O)c5c4O)c(O)c(O)c3c2O)c([B])c1-c1c(O)c2c(O)c(O)c(O)c(O)c2c2c(O)c(O)c(O)c(O)c12. The van der Waals surface area contributed by atoms with Gasteiger partial charge in [-0.3, -0.25) is 0 Å². The zero-order valence-electron chi connectivity index (χ0n) is 32.1. The Kier molecular flexibility index (Phi) is 8.91. The van der Waals surface area contributed by atoms with Crippen LogP contribution in [0.25, 0.3) is 76.5 Å². The van der Waals surface area contributed by atoms with Crippen molar-refractivity contribution in [1.29, 1.82) is 0 Å². The van der Waals surface area contributed by atoms with Gasteiger partial charge in [0, 0.05) is 38.2 Å². The first-order valence-electron chi connectivity index (χ1n) is 17.8. The average Bonchev–Trinajstić information content (AvgIpc) is 3.27. The average molecular weight is 898 g/mol. The second-order valence-corrected chi connectivity index (χ2v) is 14.6. The summed E-state index contributed by atoms with van der Waals surface area (Å²) < 4.78 is 0. The minimum absolute atomic E-state index is 0.886. The van der Waals surface area contributed by atoms with Gasteiger partial charge in [-0.05, 0) is 22.0 Å². The Balaban J connectivity index is 1.53. The molecule has 0 aliphatic heterocycles. The Morgan fingerprint density at radius 2 is 0.394 bits per heavy atom. The zero-order chi connectivity index (χ0) is 49.1. The maximum Gasteiger partial charge on any atom is 0.205 e. The van der Waals surface area contributed by atoms with Gasteiger partial charge in [-0.1, -0.05) is 5.46 Å². The summed E-state index contributed by atoms with van der Waals surface area (Å²) in [5.74, 6) is -32.2. The van der Waals surface area contributed by atoms with Crippen molar-refractivity contribution in [3.8, 4) is 160 Å². The minimum Gasteiger partial charge on any atom is -0.508 e. The lowest BCUT2D eigenvalue weighted by molar-refractivity contribution is 0.348. The first-order chi connectivity index (χ1) is 30.7. The molecule has 8 aromatic rings. The van der Waals surface area contributed by atoms with Crippen molar-refractivity contribution in [3.05, 3.63) is 0 Å². The van der Waals surface area contributed by atoms with Gasteiger partial charge in [-0.15, -0.1) is 0 Å². The van der Waals surface area contributed by atoms with Crippen molar-refractivity contribution in [3.63, 3.8) is 0 Å². The molecule has 8 rings (SSSR count). The van der Waals surface area contributed by atoms with E-state index >= 15 is 0 Å². The van der Waals surface area contributed by atoms with E-state index in [0.717, 1.165) is 0 Å². The molecule has 26 heteroatoms. The fraction of sp³-hybridized carbons (Fsp3) is 0. The third kappa shape index (κ3) is 4.93. The number of hydrogen-bond donors (Lipinski definition) is 22. The molecule has 0 aliphatic rings. The number of hydrogen-bond acceptors (Lipinski definition) is 22. The predicted octanol–water partition coefficient (Wildman–Crippen LogP) is -0.00120. The number of benzene rings is 8. The van der Waals surface area contributed by atoms with Gasteiger partial charge >= 0.3 is 0 Å². The van der Waals surface area contributed by atoms with Gasteiger partial charge in [-0.25, -0.2) is 0 Å². The lowest BCUT2D eigenvalue weighted by atomic mass is 9.70. The summed E-state index contributed by atoms with van der Waals surface area (Å²) in [4.78, 5) is 0. The van der Waals surface area contributed by atoms with E-state index in [2.05, 4.69) is 0 Å². The van der Waals surface area contributed by atoms with E-state index in [0.29, 0.717) is 0 Å². The van der Waals surface area contributed by atoms with E-state index in [9.17, 15) is 112 Å².